The highest BCUT2D eigenvalue weighted by molar-refractivity contribution is 5.89. The SMILES string of the molecule is CCOc1ccccc1-c1ccc(-c2nc3ccc(F)cc3c(CCC(=O)O)c2C#N)cc1. The van der Waals surface area contributed by atoms with Crippen LogP contribution >= 0.6 is 0 Å². The molecule has 1 heterocycles. The summed E-state index contributed by atoms with van der Waals surface area (Å²) in [6.45, 7) is 2.49. The second kappa shape index (κ2) is 9.49. The van der Waals surface area contributed by atoms with Gasteiger partial charge in [0.05, 0.1) is 23.4 Å². The van der Waals surface area contributed by atoms with Gasteiger partial charge in [-0.05, 0) is 48.7 Å². The Morgan fingerprint density at radius 2 is 1.82 bits per heavy atom. The second-order valence-corrected chi connectivity index (χ2v) is 7.49. The Bertz CT molecular complexity index is 1380. The van der Waals surface area contributed by atoms with E-state index in [4.69, 9.17) is 9.84 Å². The molecule has 0 fully saturated rings. The molecule has 0 saturated heterocycles. The summed E-state index contributed by atoms with van der Waals surface area (Å²) >= 11 is 0. The number of carboxylic acids is 1. The van der Waals surface area contributed by atoms with E-state index in [0.29, 0.717) is 34.3 Å². The number of aliphatic carboxylic acids is 1. The number of halogens is 1. The number of rotatable bonds is 7. The van der Waals surface area contributed by atoms with Crippen molar-refractivity contribution in [3.63, 3.8) is 0 Å². The second-order valence-electron chi connectivity index (χ2n) is 7.49. The number of ether oxygens (including phenoxy) is 1. The van der Waals surface area contributed by atoms with Crippen molar-refractivity contribution in [3.8, 4) is 34.2 Å². The Morgan fingerprint density at radius 3 is 2.52 bits per heavy atom. The van der Waals surface area contributed by atoms with Crippen LogP contribution in [0, 0.1) is 17.1 Å². The summed E-state index contributed by atoms with van der Waals surface area (Å²) in [5.41, 5.74) is 4.33. The number of para-hydroxylation sites is 1. The van der Waals surface area contributed by atoms with E-state index in [0.717, 1.165) is 16.9 Å². The molecule has 4 rings (SSSR count). The summed E-state index contributed by atoms with van der Waals surface area (Å²) in [6, 6.07) is 21.7. The average molecular weight is 440 g/mol. The van der Waals surface area contributed by atoms with Crippen LogP contribution in [-0.4, -0.2) is 22.7 Å². The fourth-order valence-electron chi connectivity index (χ4n) is 3.92. The lowest BCUT2D eigenvalue weighted by Crippen LogP contribution is -2.04. The predicted octanol–water partition coefficient (Wildman–Crippen LogP) is 6.00. The molecule has 0 aliphatic rings. The predicted molar refractivity (Wildman–Crippen MR) is 124 cm³/mol. The maximum atomic E-state index is 13.9. The molecule has 4 aromatic rings. The largest absolute Gasteiger partial charge is 0.493 e. The summed E-state index contributed by atoms with van der Waals surface area (Å²) in [5.74, 6) is -0.666. The lowest BCUT2D eigenvalue weighted by molar-refractivity contribution is -0.136. The van der Waals surface area contributed by atoms with Crippen LogP contribution in [0.25, 0.3) is 33.3 Å². The molecule has 0 unspecified atom stereocenters. The first-order valence-corrected chi connectivity index (χ1v) is 10.6. The van der Waals surface area contributed by atoms with Crippen molar-refractivity contribution in [3.05, 3.63) is 83.7 Å². The number of nitrogens with zero attached hydrogens (tertiary/aromatic N) is 2. The van der Waals surface area contributed by atoms with Crippen molar-refractivity contribution >= 4 is 16.9 Å². The highest BCUT2D eigenvalue weighted by Crippen LogP contribution is 2.34. The maximum Gasteiger partial charge on any atom is 0.303 e. The molecule has 0 radical (unpaired) electrons. The molecule has 1 aromatic heterocycles. The number of carboxylic acid groups (broad SMARTS) is 1. The van der Waals surface area contributed by atoms with Crippen molar-refractivity contribution in [1.29, 1.82) is 5.26 Å². The van der Waals surface area contributed by atoms with Gasteiger partial charge in [0, 0.05) is 22.9 Å². The van der Waals surface area contributed by atoms with Gasteiger partial charge in [0.25, 0.3) is 0 Å². The van der Waals surface area contributed by atoms with Crippen molar-refractivity contribution < 1.29 is 19.0 Å². The quantitative estimate of drug-likeness (QED) is 0.381. The van der Waals surface area contributed by atoms with Crippen LogP contribution in [0.5, 0.6) is 5.75 Å². The van der Waals surface area contributed by atoms with E-state index in [1.165, 1.54) is 12.1 Å². The number of pyridine rings is 1. The fraction of sp³-hybridized carbons (Fsp3) is 0.148. The molecule has 6 heteroatoms. The zero-order valence-electron chi connectivity index (χ0n) is 18.0. The first kappa shape index (κ1) is 22.0. The number of aryl methyl sites for hydroxylation is 1. The van der Waals surface area contributed by atoms with E-state index in [1.807, 2.05) is 55.5 Å². The van der Waals surface area contributed by atoms with Crippen molar-refractivity contribution in [1.82, 2.24) is 4.98 Å². The summed E-state index contributed by atoms with van der Waals surface area (Å²) in [5, 5.41) is 19.6. The van der Waals surface area contributed by atoms with Crippen LogP contribution < -0.4 is 4.74 Å². The number of carbonyl (C=O) groups is 1. The van der Waals surface area contributed by atoms with E-state index in [1.54, 1.807) is 6.07 Å². The highest BCUT2D eigenvalue weighted by Gasteiger charge is 2.18. The van der Waals surface area contributed by atoms with Crippen LogP contribution in [0.3, 0.4) is 0 Å². The zero-order chi connectivity index (χ0) is 23.4. The summed E-state index contributed by atoms with van der Waals surface area (Å²) in [6.07, 6.45) is -0.0651. The molecule has 0 saturated carbocycles. The van der Waals surface area contributed by atoms with Crippen molar-refractivity contribution in [2.45, 2.75) is 19.8 Å². The summed E-state index contributed by atoms with van der Waals surface area (Å²) in [4.78, 5) is 15.8. The van der Waals surface area contributed by atoms with E-state index in [-0.39, 0.29) is 18.4 Å². The molecule has 1 N–H and O–H groups in total. The third-order valence-electron chi connectivity index (χ3n) is 5.41. The first-order chi connectivity index (χ1) is 16.0. The minimum absolute atomic E-state index is 0.105. The van der Waals surface area contributed by atoms with Gasteiger partial charge in [0.2, 0.25) is 0 Å². The zero-order valence-corrected chi connectivity index (χ0v) is 18.0. The van der Waals surface area contributed by atoms with Gasteiger partial charge in [-0.2, -0.15) is 5.26 Å². The third kappa shape index (κ3) is 4.53. The minimum atomic E-state index is -0.987. The molecule has 0 spiro atoms. The standard InChI is InChI=1S/C27H21FN2O3/c1-2-33-25-6-4-3-5-20(25)17-7-9-18(10-8-17)27-23(16-29)21(12-14-26(31)32)22-15-19(28)11-13-24(22)30-27/h3-11,13,15H,2,12,14H2,1H3,(H,31,32). The van der Waals surface area contributed by atoms with Gasteiger partial charge in [0.1, 0.15) is 17.6 Å². The lowest BCUT2D eigenvalue weighted by Gasteiger charge is -2.14. The van der Waals surface area contributed by atoms with Gasteiger partial charge in [-0.1, -0.05) is 42.5 Å². The molecule has 164 valence electrons. The third-order valence-corrected chi connectivity index (χ3v) is 5.41. The smallest absolute Gasteiger partial charge is 0.303 e. The Kier molecular flexibility index (Phi) is 6.32. The number of fused-ring (bicyclic) bond motifs is 1. The van der Waals surface area contributed by atoms with Crippen LogP contribution in [0.15, 0.2) is 66.7 Å². The van der Waals surface area contributed by atoms with Gasteiger partial charge in [0.15, 0.2) is 0 Å². The minimum Gasteiger partial charge on any atom is -0.493 e. The van der Waals surface area contributed by atoms with Gasteiger partial charge >= 0.3 is 5.97 Å². The van der Waals surface area contributed by atoms with E-state index >= 15 is 0 Å². The molecular formula is C27H21FN2O3. The van der Waals surface area contributed by atoms with Crippen molar-refractivity contribution in [2.75, 3.05) is 6.61 Å². The van der Waals surface area contributed by atoms with Crippen LogP contribution in [0.1, 0.15) is 24.5 Å². The molecule has 3 aromatic carbocycles. The highest BCUT2D eigenvalue weighted by atomic mass is 19.1. The topological polar surface area (TPSA) is 83.2 Å². The van der Waals surface area contributed by atoms with Crippen molar-refractivity contribution in [2.24, 2.45) is 0 Å². The normalized spacial score (nSPS) is 10.7. The molecule has 0 aliphatic heterocycles. The Morgan fingerprint density at radius 1 is 1.09 bits per heavy atom. The van der Waals surface area contributed by atoms with Crippen LogP contribution in [-0.2, 0) is 11.2 Å². The van der Waals surface area contributed by atoms with Crippen LogP contribution in [0.4, 0.5) is 4.39 Å². The fourth-order valence-corrected chi connectivity index (χ4v) is 3.92. The molecule has 33 heavy (non-hydrogen) atoms. The summed E-state index contributed by atoms with van der Waals surface area (Å²) in [7, 11) is 0. The molecule has 0 amide bonds. The van der Waals surface area contributed by atoms with Gasteiger partial charge in [-0.15, -0.1) is 0 Å². The molecule has 0 bridgehead atoms. The molecule has 0 aliphatic carbocycles. The van der Waals surface area contributed by atoms with Gasteiger partial charge in [-0.3, -0.25) is 4.79 Å². The number of benzene rings is 3. The number of nitriles is 1. The van der Waals surface area contributed by atoms with Crippen LogP contribution in [0.2, 0.25) is 0 Å². The maximum absolute atomic E-state index is 13.9. The number of hydrogen-bond acceptors (Lipinski definition) is 4. The molecular weight excluding hydrogens is 419 g/mol. The average Bonchev–Trinajstić information content (AvgIpc) is 2.82. The monoisotopic (exact) mass is 440 g/mol. The number of aromatic nitrogens is 1. The van der Waals surface area contributed by atoms with Gasteiger partial charge in [-0.25, -0.2) is 9.37 Å². The Balaban J connectivity index is 1.84. The van der Waals surface area contributed by atoms with E-state index in [9.17, 15) is 14.4 Å². The summed E-state index contributed by atoms with van der Waals surface area (Å²) < 4.78 is 19.7. The Labute approximate surface area is 190 Å². The molecule has 0 atom stereocenters. The Hall–Kier alpha value is -4.24. The first-order valence-electron chi connectivity index (χ1n) is 10.6. The number of hydrogen-bond donors (Lipinski definition) is 1. The van der Waals surface area contributed by atoms with E-state index < -0.39 is 11.8 Å². The van der Waals surface area contributed by atoms with E-state index in [2.05, 4.69) is 11.1 Å². The van der Waals surface area contributed by atoms with Gasteiger partial charge < -0.3 is 9.84 Å². The lowest BCUT2D eigenvalue weighted by atomic mass is 9.93. The molecule has 5 nitrogen and oxygen atoms in total.